The summed E-state index contributed by atoms with van der Waals surface area (Å²) in [5.41, 5.74) is 3.66. The molecule has 0 bridgehead atoms. The summed E-state index contributed by atoms with van der Waals surface area (Å²) in [6.45, 7) is 3.86. The lowest BCUT2D eigenvalue weighted by Gasteiger charge is -2.23. The van der Waals surface area contributed by atoms with Crippen molar-refractivity contribution in [3.8, 4) is 0 Å². The van der Waals surface area contributed by atoms with E-state index in [1.165, 1.54) is 23.1 Å². The van der Waals surface area contributed by atoms with Crippen LogP contribution >= 0.6 is 11.3 Å². The molecule has 7 heteroatoms. The van der Waals surface area contributed by atoms with Crippen molar-refractivity contribution in [1.82, 2.24) is 4.98 Å². The molecule has 1 aliphatic heterocycles. The highest BCUT2D eigenvalue weighted by Crippen LogP contribution is 2.44. The number of aryl methyl sites for hydroxylation is 2. The number of carbonyl (C=O) groups is 2. The number of anilines is 1. The molecule has 2 heterocycles. The van der Waals surface area contributed by atoms with Gasteiger partial charge in [0.2, 0.25) is 0 Å². The second-order valence-electron chi connectivity index (χ2n) is 8.05. The molecule has 0 unspecified atom stereocenters. The van der Waals surface area contributed by atoms with Gasteiger partial charge in [-0.05, 0) is 37.6 Å². The van der Waals surface area contributed by atoms with E-state index in [9.17, 15) is 19.1 Å². The van der Waals surface area contributed by atoms with Crippen molar-refractivity contribution in [2.24, 2.45) is 0 Å². The Balaban J connectivity index is 1.73. The van der Waals surface area contributed by atoms with E-state index >= 15 is 0 Å². The van der Waals surface area contributed by atoms with E-state index in [1.54, 1.807) is 12.1 Å². The molecule has 0 spiro atoms. The Morgan fingerprint density at radius 3 is 2.27 bits per heavy atom. The van der Waals surface area contributed by atoms with Crippen molar-refractivity contribution in [3.63, 3.8) is 0 Å². The molecule has 164 valence electrons. The molecule has 0 saturated carbocycles. The van der Waals surface area contributed by atoms with Crippen molar-refractivity contribution < 1.29 is 19.1 Å². The van der Waals surface area contributed by atoms with Crippen molar-refractivity contribution >= 4 is 44.1 Å². The van der Waals surface area contributed by atoms with E-state index in [4.69, 9.17) is 0 Å². The number of aromatic nitrogens is 1. The van der Waals surface area contributed by atoms with Crippen LogP contribution in [-0.4, -0.2) is 21.8 Å². The maximum atomic E-state index is 13.7. The Labute approximate surface area is 193 Å². The van der Waals surface area contributed by atoms with E-state index in [2.05, 4.69) is 4.98 Å². The van der Waals surface area contributed by atoms with Crippen LogP contribution in [0.4, 0.5) is 9.52 Å². The smallest absolute Gasteiger partial charge is 0.301 e. The van der Waals surface area contributed by atoms with Crippen molar-refractivity contribution in [2.75, 3.05) is 4.90 Å². The number of benzene rings is 3. The quantitative estimate of drug-likeness (QED) is 0.244. The molecule has 5 nitrogen and oxygen atoms in total. The van der Waals surface area contributed by atoms with Gasteiger partial charge in [-0.3, -0.25) is 14.5 Å². The number of aliphatic hydroxyl groups excluding tert-OH is 1. The third-order valence-electron chi connectivity index (χ3n) is 5.71. The average molecular weight is 459 g/mol. The standard InChI is InChI=1S/C26H19FN2O3S/c1-14-3-7-16(8-4-14)22-21(23(30)17-9-5-15(2)6-10-17)24(31)25(32)29(22)26-28-19-12-11-18(27)13-20(19)33-26/h3-13,22,30H,1-2H3/b23-21+/t22-/m1/s1. The predicted molar refractivity (Wildman–Crippen MR) is 127 cm³/mol. The third-order valence-corrected chi connectivity index (χ3v) is 6.73. The molecule has 0 aliphatic carbocycles. The minimum atomic E-state index is -0.864. The minimum Gasteiger partial charge on any atom is -0.507 e. The molecule has 0 radical (unpaired) electrons. The number of nitrogens with zero attached hydrogens (tertiary/aromatic N) is 2. The highest BCUT2D eigenvalue weighted by atomic mass is 32.1. The van der Waals surface area contributed by atoms with Crippen molar-refractivity contribution in [3.05, 3.63) is 100 Å². The second-order valence-corrected chi connectivity index (χ2v) is 9.06. The Kier molecular flexibility index (Phi) is 5.06. The maximum absolute atomic E-state index is 13.7. The highest BCUT2D eigenvalue weighted by molar-refractivity contribution is 7.22. The number of hydrogen-bond donors (Lipinski definition) is 1. The molecule has 1 N–H and O–H groups in total. The Morgan fingerprint density at radius 1 is 0.970 bits per heavy atom. The summed E-state index contributed by atoms with van der Waals surface area (Å²) in [6.07, 6.45) is 0. The molecule has 1 aromatic heterocycles. The summed E-state index contributed by atoms with van der Waals surface area (Å²) in [5.74, 6) is -2.22. The largest absolute Gasteiger partial charge is 0.507 e. The number of carbonyl (C=O) groups excluding carboxylic acids is 2. The predicted octanol–water partition coefficient (Wildman–Crippen LogP) is 5.68. The first-order chi connectivity index (χ1) is 15.8. The number of thiazole rings is 1. The zero-order chi connectivity index (χ0) is 23.3. The molecule has 3 aromatic carbocycles. The van der Waals surface area contributed by atoms with Crippen LogP contribution in [0.5, 0.6) is 0 Å². The summed E-state index contributed by atoms with van der Waals surface area (Å²) in [7, 11) is 0. The zero-order valence-corrected chi connectivity index (χ0v) is 18.7. The number of ketones is 1. The van der Waals surface area contributed by atoms with Gasteiger partial charge >= 0.3 is 5.91 Å². The number of hydrogen-bond acceptors (Lipinski definition) is 5. The monoisotopic (exact) mass is 458 g/mol. The van der Waals surface area contributed by atoms with Gasteiger partial charge in [0.05, 0.1) is 21.8 Å². The van der Waals surface area contributed by atoms with E-state index in [0.29, 0.717) is 21.3 Å². The molecule has 1 saturated heterocycles. The SMILES string of the molecule is Cc1ccc(/C(O)=C2\C(=O)C(=O)N(c3nc4ccc(F)cc4s3)[C@@H]2c2ccc(C)cc2)cc1. The highest BCUT2D eigenvalue weighted by Gasteiger charge is 2.48. The van der Waals surface area contributed by atoms with Gasteiger partial charge < -0.3 is 5.11 Å². The van der Waals surface area contributed by atoms with Crippen LogP contribution in [0.25, 0.3) is 16.0 Å². The molecule has 1 atom stereocenters. The van der Waals surface area contributed by atoms with Gasteiger partial charge in [-0.15, -0.1) is 0 Å². The lowest BCUT2D eigenvalue weighted by Crippen LogP contribution is -2.29. The molecule has 4 aromatic rings. The lowest BCUT2D eigenvalue weighted by atomic mass is 9.94. The van der Waals surface area contributed by atoms with Crippen LogP contribution < -0.4 is 4.90 Å². The maximum Gasteiger partial charge on any atom is 0.301 e. The Hall–Kier alpha value is -3.84. The van der Waals surface area contributed by atoms with Gasteiger partial charge in [0, 0.05) is 5.56 Å². The summed E-state index contributed by atoms with van der Waals surface area (Å²) in [4.78, 5) is 32.2. The number of rotatable bonds is 3. The number of aliphatic hydroxyl groups is 1. The first-order valence-corrected chi connectivity index (χ1v) is 11.2. The zero-order valence-electron chi connectivity index (χ0n) is 17.9. The molecule has 33 heavy (non-hydrogen) atoms. The summed E-state index contributed by atoms with van der Waals surface area (Å²) >= 11 is 1.13. The summed E-state index contributed by atoms with van der Waals surface area (Å²) < 4.78 is 14.3. The Morgan fingerprint density at radius 2 is 1.61 bits per heavy atom. The molecule has 1 amide bonds. The molecular weight excluding hydrogens is 439 g/mol. The van der Waals surface area contributed by atoms with Gasteiger partial charge in [0.1, 0.15) is 11.6 Å². The second kappa shape index (κ2) is 7.94. The van der Waals surface area contributed by atoms with Gasteiger partial charge in [-0.1, -0.05) is 71.0 Å². The molecule has 1 fully saturated rings. The van der Waals surface area contributed by atoms with Crippen LogP contribution in [0.2, 0.25) is 0 Å². The van der Waals surface area contributed by atoms with E-state index in [0.717, 1.165) is 22.5 Å². The third kappa shape index (κ3) is 3.60. The average Bonchev–Trinajstić information content (AvgIpc) is 3.32. The first-order valence-electron chi connectivity index (χ1n) is 10.3. The van der Waals surface area contributed by atoms with Crippen LogP contribution in [-0.2, 0) is 9.59 Å². The fraction of sp³-hybridized carbons (Fsp3) is 0.115. The van der Waals surface area contributed by atoms with Crippen molar-refractivity contribution in [1.29, 1.82) is 0 Å². The van der Waals surface area contributed by atoms with E-state index in [1.807, 2.05) is 50.2 Å². The molecular formula is C26H19FN2O3S. The topological polar surface area (TPSA) is 70.5 Å². The number of Topliss-reactive ketones (excluding diaryl/α,β-unsaturated/α-hetero) is 1. The van der Waals surface area contributed by atoms with Crippen molar-refractivity contribution in [2.45, 2.75) is 19.9 Å². The minimum absolute atomic E-state index is 0.00172. The van der Waals surface area contributed by atoms with E-state index in [-0.39, 0.29) is 16.5 Å². The molecule has 5 rings (SSSR count). The summed E-state index contributed by atoms with van der Waals surface area (Å²) in [6, 6.07) is 17.8. The van der Waals surface area contributed by atoms with Gasteiger partial charge in [0.15, 0.2) is 5.13 Å². The van der Waals surface area contributed by atoms with Gasteiger partial charge in [-0.25, -0.2) is 9.37 Å². The van der Waals surface area contributed by atoms with E-state index < -0.39 is 23.5 Å². The first kappa shape index (κ1) is 21.0. The van der Waals surface area contributed by atoms with Gasteiger partial charge in [-0.2, -0.15) is 0 Å². The summed E-state index contributed by atoms with van der Waals surface area (Å²) in [5, 5.41) is 11.4. The molecule has 1 aliphatic rings. The lowest BCUT2D eigenvalue weighted by molar-refractivity contribution is -0.132. The van der Waals surface area contributed by atoms with Crippen LogP contribution in [0.15, 0.2) is 72.3 Å². The number of fused-ring (bicyclic) bond motifs is 1. The number of amides is 1. The van der Waals surface area contributed by atoms with Crippen LogP contribution in [0.1, 0.15) is 28.3 Å². The fourth-order valence-corrected chi connectivity index (χ4v) is 4.97. The number of halogens is 1. The van der Waals surface area contributed by atoms with Crippen LogP contribution in [0.3, 0.4) is 0 Å². The normalized spacial score (nSPS) is 17.8. The Bertz CT molecular complexity index is 1440. The van der Waals surface area contributed by atoms with Crippen LogP contribution in [0, 0.1) is 19.7 Å². The van der Waals surface area contributed by atoms with Gasteiger partial charge in [0.25, 0.3) is 5.78 Å². The fourth-order valence-electron chi connectivity index (χ4n) is 3.95.